The van der Waals surface area contributed by atoms with Crippen LogP contribution in [0, 0.1) is 6.92 Å². The van der Waals surface area contributed by atoms with Crippen LogP contribution in [0.15, 0.2) is 36.9 Å². The average molecular weight is 360 g/mol. The molecule has 0 aliphatic heterocycles. The zero-order chi connectivity index (χ0) is 19.4. The van der Waals surface area contributed by atoms with E-state index < -0.39 is 17.9 Å². The molecular weight excluding hydrogens is 332 g/mol. The van der Waals surface area contributed by atoms with Gasteiger partial charge in [0.2, 0.25) is 11.8 Å². The maximum absolute atomic E-state index is 12.1. The van der Waals surface area contributed by atoms with Crippen LogP contribution in [-0.4, -0.2) is 37.5 Å². The van der Waals surface area contributed by atoms with Crippen molar-refractivity contribution in [3.63, 3.8) is 0 Å². The quantitative estimate of drug-likeness (QED) is 0.359. The van der Waals surface area contributed by atoms with Crippen molar-refractivity contribution in [1.29, 1.82) is 0 Å². The standard InChI is InChI=1S/C20H28N2O4/c1-4-5-6-7-11-18(23)21-14-19(24)22-17(20(25)26-3)13-16-10-8-9-15(2)12-16/h4,8-10,12,17H,1,5-7,11,13-14H2,2-3H3,(H,21,23)(H,22,24). The molecule has 2 N–H and O–H groups in total. The Labute approximate surface area is 155 Å². The van der Waals surface area contributed by atoms with Crippen molar-refractivity contribution in [1.82, 2.24) is 10.6 Å². The fourth-order valence-electron chi connectivity index (χ4n) is 2.50. The van der Waals surface area contributed by atoms with Crippen LogP contribution in [0.25, 0.3) is 0 Å². The Bertz CT molecular complexity index is 628. The van der Waals surface area contributed by atoms with Crippen molar-refractivity contribution in [3.05, 3.63) is 48.0 Å². The topological polar surface area (TPSA) is 84.5 Å². The van der Waals surface area contributed by atoms with Gasteiger partial charge in [0, 0.05) is 12.8 Å². The van der Waals surface area contributed by atoms with Gasteiger partial charge in [-0.1, -0.05) is 35.9 Å². The first kappa shape index (κ1) is 21.4. The number of esters is 1. The summed E-state index contributed by atoms with van der Waals surface area (Å²) < 4.78 is 4.77. The number of carbonyl (C=O) groups excluding carboxylic acids is 3. The number of carbonyl (C=O) groups is 3. The summed E-state index contributed by atoms with van der Waals surface area (Å²) in [7, 11) is 1.28. The number of hydrogen-bond acceptors (Lipinski definition) is 4. The molecule has 0 heterocycles. The predicted molar refractivity (Wildman–Crippen MR) is 101 cm³/mol. The van der Waals surface area contributed by atoms with E-state index in [4.69, 9.17) is 4.74 Å². The summed E-state index contributed by atoms with van der Waals surface area (Å²) in [6, 6.07) is 6.90. The number of nitrogens with one attached hydrogen (secondary N) is 2. The molecule has 0 bridgehead atoms. The Hall–Kier alpha value is -2.63. The number of methoxy groups -OCH3 is 1. The maximum Gasteiger partial charge on any atom is 0.328 e. The number of unbranched alkanes of at least 4 members (excludes halogenated alkanes) is 2. The Balaban J connectivity index is 2.49. The highest BCUT2D eigenvalue weighted by Gasteiger charge is 2.22. The van der Waals surface area contributed by atoms with Gasteiger partial charge in [-0.25, -0.2) is 4.79 Å². The molecule has 26 heavy (non-hydrogen) atoms. The number of allylic oxidation sites excluding steroid dienone is 1. The van der Waals surface area contributed by atoms with Gasteiger partial charge in [-0.2, -0.15) is 0 Å². The minimum Gasteiger partial charge on any atom is -0.467 e. The average Bonchev–Trinajstić information content (AvgIpc) is 2.62. The van der Waals surface area contributed by atoms with Crippen molar-refractivity contribution in [2.75, 3.05) is 13.7 Å². The first-order chi connectivity index (χ1) is 12.5. The lowest BCUT2D eigenvalue weighted by Crippen LogP contribution is -2.47. The van der Waals surface area contributed by atoms with E-state index in [1.54, 1.807) is 0 Å². The highest BCUT2D eigenvalue weighted by Crippen LogP contribution is 2.08. The van der Waals surface area contributed by atoms with Crippen molar-refractivity contribution >= 4 is 17.8 Å². The summed E-state index contributed by atoms with van der Waals surface area (Å²) >= 11 is 0. The minimum absolute atomic E-state index is 0.165. The number of hydrogen-bond donors (Lipinski definition) is 2. The number of amides is 2. The Morgan fingerprint density at radius 1 is 1.23 bits per heavy atom. The molecule has 1 unspecified atom stereocenters. The SMILES string of the molecule is C=CCCCCC(=O)NCC(=O)NC(Cc1cccc(C)c1)C(=O)OC. The van der Waals surface area contributed by atoms with Gasteiger partial charge in [0.25, 0.3) is 0 Å². The molecule has 142 valence electrons. The lowest BCUT2D eigenvalue weighted by molar-refractivity contribution is -0.145. The third-order valence-corrected chi connectivity index (χ3v) is 3.85. The Morgan fingerprint density at radius 3 is 2.65 bits per heavy atom. The lowest BCUT2D eigenvalue weighted by atomic mass is 10.0. The molecule has 0 radical (unpaired) electrons. The molecule has 2 amide bonds. The van der Waals surface area contributed by atoms with Crippen molar-refractivity contribution in [2.45, 2.75) is 45.1 Å². The summed E-state index contributed by atoms with van der Waals surface area (Å²) in [5, 5.41) is 5.19. The van der Waals surface area contributed by atoms with Gasteiger partial charge in [-0.15, -0.1) is 6.58 Å². The van der Waals surface area contributed by atoms with Crippen molar-refractivity contribution in [3.8, 4) is 0 Å². The van der Waals surface area contributed by atoms with Crippen LogP contribution in [0.5, 0.6) is 0 Å². The smallest absolute Gasteiger partial charge is 0.328 e. The second kappa shape index (κ2) is 11.8. The summed E-state index contributed by atoms with van der Waals surface area (Å²) in [6.07, 6.45) is 5.02. The molecule has 6 nitrogen and oxygen atoms in total. The Kier molecular flexibility index (Phi) is 9.75. The monoisotopic (exact) mass is 360 g/mol. The predicted octanol–water partition coefficient (Wildman–Crippen LogP) is 2.06. The van der Waals surface area contributed by atoms with Crippen LogP contribution in [-0.2, 0) is 25.5 Å². The number of aryl methyl sites for hydroxylation is 1. The van der Waals surface area contributed by atoms with E-state index in [1.807, 2.05) is 37.3 Å². The van der Waals surface area contributed by atoms with Crippen LogP contribution in [0.3, 0.4) is 0 Å². The van der Waals surface area contributed by atoms with Crippen molar-refractivity contribution in [2.24, 2.45) is 0 Å². The molecule has 0 fully saturated rings. The Morgan fingerprint density at radius 2 is 2.00 bits per heavy atom. The normalized spacial score (nSPS) is 11.3. The zero-order valence-corrected chi connectivity index (χ0v) is 15.5. The highest BCUT2D eigenvalue weighted by atomic mass is 16.5. The first-order valence-electron chi connectivity index (χ1n) is 8.76. The highest BCUT2D eigenvalue weighted by molar-refractivity contribution is 5.88. The largest absolute Gasteiger partial charge is 0.467 e. The molecule has 0 spiro atoms. The van der Waals surface area contributed by atoms with Crippen LogP contribution >= 0.6 is 0 Å². The van der Waals surface area contributed by atoms with Crippen LogP contribution in [0.4, 0.5) is 0 Å². The van der Waals surface area contributed by atoms with E-state index in [1.165, 1.54) is 7.11 Å². The molecule has 0 aliphatic carbocycles. The van der Waals surface area contributed by atoms with Crippen LogP contribution < -0.4 is 10.6 Å². The molecule has 1 rings (SSSR count). The van der Waals surface area contributed by atoms with E-state index in [2.05, 4.69) is 17.2 Å². The third kappa shape index (κ3) is 8.46. The zero-order valence-electron chi connectivity index (χ0n) is 15.5. The molecule has 0 saturated heterocycles. The lowest BCUT2D eigenvalue weighted by Gasteiger charge is -2.17. The molecular formula is C20H28N2O4. The fourth-order valence-corrected chi connectivity index (χ4v) is 2.50. The number of rotatable bonds is 11. The molecule has 6 heteroatoms. The van der Waals surface area contributed by atoms with E-state index >= 15 is 0 Å². The third-order valence-electron chi connectivity index (χ3n) is 3.85. The summed E-state index contributed by atoms with van der Waals surface area (Å²) in [4.78, 5) is 35.7. The summed E-state index contributed by atoms with van der Waals surface area (Å²) in [6.45, 7) is 5.42. The van der Waals surface area contributed by atoms with Gasteiger partial charge in [0.15, 0.2) is 0 Å². The summed E-state index contributed by atoms with van der Waals surface area (Å²) in [5.41, 5.74) is 1.99. The minimum atomic E-state index is -0.793. The molecule has 0 aliphatic rings. The van der Waals surface area contributed by atoms with Crippen LogP contribution in [0.1, 0.15) is 36.8 Å². The van der Waals surface area contributed by atoms with Gasteiger partial charge < -0.3 is 15.4 Å². The fraction of sp³-hybridized carbons (Fsp3) is 0.450. The van der Waals surface area contributed by atoms with E-state index in [9.17, 15) is 14.4 Å². The summed E-state index contributed by atoms with van der Waals surface area (Å²) in [5.74, 6) is -1.12. The molecule has 0 aromatic heterocycles. The first-order valence-corrected chi connectivity index (χ1v) is 8.76. The van der Waals surface area contributed by atoms with Crippen LogP contribution in [0.2, 0.25) is 0 Å². The second-order valence-corrected chi connectivity index (χ2v) is 6.15. The number of ether oxygens (including phenoxy) is 1. The van der Waals surface area contributed by atoms with Gasteiger partial charge in [-0.05, 0) is 31.7 Å². The van der Waals surface area contributed by atoms with E-state index in [0.29, 0.717) is 12.8 Å². The molecule has 1 aromatic rings. The van der Waals surface area contributed by atoms with Gasteiger partial charge in [0.1, 0.15) is 6.04 Å². The van der Waals surface area contributed by atoms with Gasteiger partial charge in [0.05, 0.1) is 13.7 Å². The van der Waals surface area contributed by atoms with Crippen molar-refractivity contribution < 1.29 is 19.1 Å². The van der Waals surface area contributed by atoms with Gasteiger partial charge in [-0.3, -0.25) is 9.59 Å². The number of benzene rings is 1. The van der Waals surface area contributed by atoms with E-state index in [0.717, 1.165) is 30.4 Å². The molecule has 1 atom stereocenters. The molecule has 0 saturated carbocycles. The second-order valence-electron chi connectivity index (χ2n) is 6.15. The maximum atomic E-state index is 12.1. The van der Waals surface area contributed by atoms with Gasteiger partial charge >= 0.3 is 5.97 Å². The molecule has 1 aromatic carbocycles. The van der Waals surface area contributed by atoms with E-state index in [-0.39, 0.29) is 12.5 Å².